The minimum Gasteiger partial charge on any atom is -0.444 e. The SMILES string of the molecule is CO[C@@H]1CCCC[C@@H]1N1CCN(C(=O)OC(C)(C)C)CC1. The summed E-state index contributed by atoms with van der Waals surface area (Å²) in [6, 6.07) is 0.518. The molecule has 1 aliphatic heterocycles. The van der Waals surface area contributed by atoms with Crippen molar-refractivity contribution < 1.29 is 14.3 Å². The number of carbonyl (C=O) groups is 1. The Labute approximate surface area is 128 Å². The molecule has 0 unspecified atom stereocenters. The van der Waals surface area contributed by atoms with Crippen LogP contribution in [0.1, 0.15) is 46.5 Å². The van der Waals surface area contributed by atoms with Crippen molar-refractivity contribution in [1.82, 2.24) is 9.80 Å². The van der Waals surface area contributed by atoms with E-state index < -0.39 is 5.60 Å². The largest absolute Gasteiger partial charge is 0.444 e. The fourth-order valence-corrected chi connectivity index (χ4v) is 3.33. The van der Waals surface area contributed by atoms with E-state index in [0.29, 0.717) is 12.1 Å². The molecule has 2 fully saturated rings. The first-order valence-electron chi connectivity index (χ1n) is 8.15. The summed E-state index contributed by atoms with van der Waals surface area (Å²) in [5, 5.41) is 0. The number of amides is 1. The van der Waals surface area contributed by atoms with Crippen molar-refractivity contribution >= 4 is 6.09 Å². The van der Waals surface area contributed by atoms with Crippen molar-refractivity contribution in [2.45, 2.75) is 64.2 Å². The van der Waals surface area contributed by atoms with Crippen LogP contribution in [0.2, 0.25) is 0 Å². The highest BCUT2D eigenvalue weighted by Crippen LogP contribution is 2.26. The molecule has 122 valence electrons. The lowest BCUT2D eigenvalue weighted by Crippen LogP contribution is -2.56. The highest BCUT2D eigenvalue weighted by Gasteiger charge is 2.33. The first kappa shape index (κ1) is 16.6. The van der Waals surface area contributed by atoms with Gasteiger partial charge >= 0.3 is 6.09 Å². The molecular weight excluding hydrogens is 268 g/mol. The van der Waals surface area contributed by atoms with E-state index >= 15 is 0 Å². The molecule has 1 saturated heterocycles. The molecule has 5 heteroatoms. The van der Waals surface area contributed by atoms with Crippen LogP contribution in [0, 0.1) is 0 Å². The van der Waals surface area contributed by atoms with Crippen molar-refractivity contribution in [3.63, 3.8) is 0 Å². The monoisotopic (exact) mass is 298 g/mol. The highest BCUT2D eigenvalue weighted by atomic mass is 16.6. The second-order valence-electron chi connectivity index (χ2n) is 7.13. The number of hydrogen-bond acceptors (Lipinski definition) is 4. The van der Waals surface area contributed by atoms with Gasteiger partial charge in [0.15, 0.2) is 0 Å². The van der Waals surface area contributed by atoms with Crippen molar-refractivity contribution in [3.8, 4) is 0 Å². The molecule has 1 aliphatic carbocycles. The lowest BCUT2D eigenvalue weighted by atomic mass is 9.91. The zero-order valence-corrected chi connectivity index (χ0v) is 13.9. The Bertz CT molecular complexity index is 346. The first-order valence-corrected chi connectivity index (χ1v) is 8.15. The lowest BCUT2D eigenvalue weighted by molar-refractivity contribution is -0.0324. The number of hydrogen-bond donors (Lipinski definition) is 0. The van der Waals surface area contributed by atoms with Crippen LogP contribution in [0.3, 0.4) is 0 Å². The van der Waals surface area contributed by atoms with E-state index in [1.807, 2.05) is 32.8 Å². The molecule has 0 aromatic heterocycles. The Balaban J connectivity index is 1.83. The van der Waals surface area contributed by atoms with Crippen LogP contribution in [-0.2, 0) is 9.47 Å². The van der Waals surface area contributed by atoms with E-state index in [-0.39, 0.29) is 6.09 Å². The van der Waals surface area contributed by atoms with Crippen molar-refractivity contribution in [2.75, 3.05) is 33.3 Å². The minimum atomic E-state index is -0.418. The van der Waals surface area contributed by atoms with E-state index in [9.17, 15) is 4.79 Å². The highest BCUT2D eigenvalue weighted by molar-refractivity contribution is 5.68. The van der Waals surface area contributed by atoms with Crippen LogP contribution in [0.15, 0.2) is 0 Å². The Morgan fingerprint density at radius 2 is 1.67 bits per heavy atom. The van der Waals surface area contributed by atoms with Gasteiger partial charge in [0.05, 0.1) is 6.10 Å². The van der Waals surface area contributed by atoms with Gasteiger partial charge in [0, 0.05) is 39.3 Å². The summed E-state index contributed by atoms with van der Waals surface area (Å²) < 4.78 is 11.1. The zero-order valence-electron chi connectivity index (χ0n) is 13.9. The molecule has 0 bridgehead atoms. The molecular formula is C16H30N2O3. The van der Waals surface area contributed by atoms with Gasteiger partial charge in [-0.3, -0.25) is 4.90 Å². The van der Waals surface area contributed by atoms with Crippen LogP contribution in [-0.4, -0.2) is 66.9 Å². The van der Waals surface area contributed by atoms with E-state index in [0.717, 1.165) is 32.6 Å². The zero-order chi connectivity index (χ0) is 15.5. The summed E-state index contributed by atoms with van der Waals surface area (Å²) in [6.07, 6.45) is 5.10. The Hall–Kier alpha value is -0.810. The Morgan fingerprint density at radius 1 is 1.05 bits per heavy atom. The van der Waals surface area contributed by atoms with Gasteiger partial charge in [-0.15, -0.1) is 0 Å². The summed E-state index contributed by atoms with van der Waals surface area (Å²) in [4.78, 5) is 16.4. The van der Waals surface area contributed by atoms with E-state index in [1.165, 1.54) is 19.3 Å². The third-order valence-electron chi connectivity index (χ3n) is 4.41. The molecule has 2 aliphatic rings. The van der Waals surface area contributed by atoms with Gasteiger partial charge in [0.2, 0.25) is 0 Å². The number of piperazine rings is 1. The topological polar surface area (TPSA) is 42.0 Å². The fraction of sp³-hybridized carbons (Fsp3) is 0.938. The first-order chi connectivity index (χ1) is 9.90. The maximum Gasteiger partial charge on any atom is 0.410 e. The molecule has 21 heavy (non-hydrogen) atoms. The summed E-state index contributed by atoms with van der Waals surface area (Å²) in [5.74, 6) is 0. The molecule has 1 heterocycles. The van der Waals surface area contributed by atoms with Gasteiger partial charge in [-0.1, -0.05) is 12.8 Å². The average Bonchev–Trinajstić information content (AvgIpc) is 2.45. The summed E-state index contributed by atoms with van der Waals surface area (Å²) in [6.45, 7) is 9.07. The van der Waals surface area contributed by atoms with Crippen molar-refractivity contribution in [3.05, 3.63) is 0 Å². The normalized spacial score (nSPS) is 28.5. The van der Waals surface area contributed by atoms with Gasteiger partial charge in [-0.05, 0) is 33.6 Å². The van der Waals surface area contributed by atoms with Gasteiger partial charge in [0.1, 0.15) is 5.60 Å². The van der Waals surface area contributed by atoms with Gasteiger partial charge in [0.25, 0.3) is 0 Å². The molecule has 0 aromatic carbocycles. The second-order valence-corrected chi connectivity index (χ2v) is 7.13. The van der Waals surface area contributed by atoms with E-state index in [2.05, 4.69) is 4.90 Å². The molecule has 5 nitrogen and oxygen atoms in total. The molecule has 0 radical (unpaired) electrons. The molecule has 1 saturated carbocycles. The van der Waals surface area contributed by atoms with Crippen LogP contribution in [0.5, 0.6) is 0 Å². The van der Waals surface area contributed by atoms with Gasteiger partial charge in [-0.25, -0.2) is 4.79 Å². The smallest absolute Gasteiger partial charge is 0.410 e. The van der Waals surface area contributed by atoms with Crippen molar-refractivity contribution in [2.24, 2.45) is 0 Å². The molecule has 0 aromatic rings. The lowest BCUT2D eigenvalue weighted by Gasteiger charge is -2.43. The van der Waals surface area contributed by atoms with Crippen LogP contribution in [0.25, 0.3) is 0 Å². The number of methoxy groups -OCH3 is 1. The summed E-state index contributed by atoms with van der Waals surface area (Å²) in [7, 11) is 1.82. The second kappa shape index (κ2) is 6.97. The molecule has 0 N–H and O–H groups in total. The number of nitrogens with zero attached hydrogens (tertiary/aromatic N) is 2. The predicted molar refractivity (Wildman–Crippen MR) is 82.4 cm³/mol. The van der Waals surface area contributed by atoms with Crippen LogP contribution in [0.4, 0.5) is 4.79 Å². The standard InChI is InChI=1S/C16H30N2O3/c1-16(2,3)21-15(19)18-11-9-17(10-12-18)13-7-5-6-8-14(13)20-4/h13-14H,5-12H2,1-4H3/t13-,14+/m0/s1. The maximum atomic E-state index is 12.1. The van der Waals surface area contributed by atoms with Crippen LogP contribution >= 0.6 is 0 Å². The Morgan fingerprint density at radius 3 is 2.24 bits per heavy atom. The van der Waals surface area contributed by atoms with Crippen molar-refractivity contribution in [1.29, 1.82) is 0 Å². The summed E-state index contributed by atoms with van der Waals surface area (Å²) in [5.41, 5.74) is -0.418. The van der Waals surface area contributed by atoms with E-state index in [1.54, 1.807) is 0 Å². The summed E-state index contributed by atoms with van der Waals surface area (Å²) >= 11 is 0. The fourth-order valence-electron chi connectivity index (χ4n) is 3.33. The number of ether oxygens (including phenoxy) is 2. The third kappa shape index (κ3) is 4.58. The molecule has 2 atom stereocenters. The number of carbonyl (C=O) groups excluding carboxylic acids is 1. The van der Waals surface area contributed by atoms with E-state index in [4.69, 9.17) is 9.47 Å². The van der Waals surface area contributed by atoms with Gasteiger partial charge < -0.3 is 14.4 Å². The molecule has 2 rings (SSSR count). The maximum absolute atomic E-state index is 12.1. The molecule has 1 amide bonds. The van der Waals surface area contributed by atoms with Gasteiger partial charge in [-0.2, -0.15) is 0 Å². The number of rotatable bonds is 2. The predicted octanol–water partition coefficient (Wildman–Crippen LogP) is 2.50. The molecule has 0 spiro atoms. The third-order valence-corrected chi connectivity index (χ3v) is 4.41. The van der Waals surface area contributed by atoms with Crippen LogP contribution < -0.4 is 0 Å². The minimum absolute atomic E-state index is 0.186. The quantitative estimate of drug-likeness (QED) is 0.785. The average molecular weight is 298 g/mol. The Kier molecular flexibility index (Phi) is 5.49.